The van der Waals surface area contributed by atoms with Gasteiger partial charge in [0.2, 0.25) is 5.91 Å². The molecule has 0 bridgehead atoms. The first-order valence-electron chi connectivity index (χ1n) is 7.33. The zero-order valence-corrected chi connectivity index (χ0v) is 13.9. The van der Waals surface area contributed by atoms with Gasteiger partial charge < -0.3 is 9.64 Å². The highest BCUT2D eigenvalue weighted by molar-refractivity contribution is 7.98. The Morgan fingerprint density at radius 2 is 2.05 bits per heavy atom. The molecule has 0 aromatic heterocycles. The Labute approximate surface area is 131 Å². The molecular formula is C16H24N2O2S. The summed E-state index contributed by atoms with van der Waals surface area (Å²) in [7, 11) is 1.66. The van der Waals surface area contributed by atoms with Gasteiger partial charge in [0.1, 0.15) is 11.9 Å². The average molecular weight is 308 g/mol. The van der Waals surface area contributed by atoms with E-state index in [1.54, 1.807) is 18.9 Å². The number of carbonyl (C=O) groups excluding carboxylic acids is 1. The SMILES string of the molecule is CCC(CSC)N1C(=O)C(C)NC1c1ccc(OC)cc1. The molecule has 1 N–H and O–H groups in total. The van der Waals surface area contributed by atoms with Gasteiger partial charge >= 0.3 is 0 Å². The number of ether oxygens (including phenoxy) is 1. The van der Waals surface area contributed by atoms with Crippen LogP contribution in [0.25, 0.3) is 0 Å². The van der Waals surface area contributed by atoms with Crippen LogP contribution in [0.3, 0.4) is 0 Å². The summed E-state index contributed by atoms with van der Waals surface area (Å²) >= 11 is 1.79. The topological polar surface area (TPSA) is 41.6 Å². The maximum absolute atomic E-state index is 12.5. The van der Waals surface area contributed by atoms with Crippen molar-refractivity contribution >= 4 is 17.7 Å². The molecule has 1 heterocycles. The Hall–Kier alpha value is -1.20. The molecule has 1 aromatic carbocycles. The summed E-state index contributed by atoms with van der Waals surface area (Å²) in [4.78, 5) is 14.5. The fraction of sp³-hybridized carbons (Fsp3) is 0.562. The van der Waals surface area contributed by atoms with Gasteiger partial charge in [-0.15, -0.1) is 0 Å². The molecule has 0 radical (unpaired) electrons. The number of thioether (sulfide) groups is 1. The van der Waals surface area contributed by atoms with Crippen molar-refractivity contribution in [2.45, 2.75) is 38.5 Å². The number of hydrogen-bond donors (Lipinski definition) is 1. The van der Waals surface area contributed by atoms with Crippen LogP contribution < -0.4 is 10.1 Å². The van der Waals surface area contributed by atoms with E-state index in [0.29, 0.717) is 0 Å². The maximum atomic E-state index is 12.5. The smallest absolute Gasteiger partial charge is 0.241 e. The molecule has 21 heavy (non-hydrogen) atoms. The molecule has 1 aromatic rings. The van der Waals surface area contributed by atoms with Crippen LogP contribution in [0.4, 0.5) is 0 Å². The van der Waals surface area contributed by atoms with Crippen LogP contribution in [0.2, 0.25) is 0 Å². The molecule has 0 aliphatic carbocycles. The highest BCUT2D eigenvalue weighted by Gasteiger charge is 2.40. The lowest BCUT2D eigenvalue weighted by Crippen LogP contribution is -2.41. The van der Waals surface area contributed by atoms with Gasteiger partial charge in [-0.25, -0.2) is 0 Å². The first-order chi connectivity index (χ1) is 10.1. The van der Waals surface area contributed by atoms with E-state index in [-0.39, 0.29) is 24.2 Å². The molecule has 1 saturated heterocycles. The molecule has 1 fully saturated rings. The summed E-state index contributed by atoms with van der Waals surface area (Å²) in [6, 6.07) is 8.07. The second-order valence-corrected chi connectivity index (χ2v) is 6.24. The van der Waals surface area contributed by atoms with Crippen molar-refractivity contribution in [1.29, 1.82) is 0 Å². The van der Waals surface area contributed by atoms with Gasteiger partial charge in [-0.3, -0.25) is 10.1 Å². The van der Waals surface area contributed by atoms with Crippen molar-refractivity contribution in [2.24, 2.45) is 0 Å². The van der Waals surface area contributed by atoms with E-state index in [1.807, 2.05) is 36.1 Å². The molecule has 1 aliphatic heterocycles. The van der Waals surface area contributed by atoms with E-state index in [2.05, 4.69) is 18.5 Å². The van der Waals surface area contributed by atoms with Crippen LogP contribution in [0.15, 0.2) is 24.3 Å². The van der Waals surface area contributed by atoms with Crippen LogP contribution in [-0.2, 0) is 4.79 Å². The summed E-state index contributed by atoms with van der Waals surface area (Å²) in [6.07, 6.45) is 3.01. The molecule has 0 spiro atoms. The second-order valence-electron chi connectivity index (χ2n) is 5.33. The van der Waals surface area contributed by atoms with Gasteiger partial charge in [-0.2, -0.15) is 11.8 Å². The Kier molecular flexibility index (Phi) is 5.53. The van der Waals surface area contributed by atoms with E-state index in [9.17, 15) is 4.79 Å². The molecule has 1 aliphatic rings. The average Bonchev–Trinajstić information content (AvgIpc) is 2.81. The van der Waals surface area contributed by atoms with E-state index in [4.69, 9.17) is 4.74 Å². The molecular weight excluding hydrogens is 284 g/mol. The molecule has 3 unspecified atom stereocenters. The van der Waals surface area contributed by atoms with Gasteiger partial charge in [0.25, 0.3) is 0 Å². The van der Waals surface area contributed by atoms with E-state index < -0.39 is 0 Å². The van der Waals surface area contributed by atoms with E-state index in [1.165, 1.54) is 0 Å². The highest BCUT2D eigenvalue weighted by atomic mass is 32.2. The van der Waals surface area contributed by atoms with Gasteiger partial charge in [0.15, 0.2) is 0 Å². The third kappa shape index (κ3) is 3.35. The van der Waals surface area contributed by atoms with Crippen molar-refractivity contribution in [2.75, 3.05) is 19.1 Å². The van der Waals surface area contributed by atoms with Crippen LogP contribution in [0, 0.1) is 0 Å². The number of carbonyl (C=O) groups is 1. The summed E-state index contributed by atoms with van der Waals surface area (Å²) in [6.45, 7) is 4.08. The van der Waals surface area contributed by atoms with Crippen molar-refractivity contribution in [1.82, 2.24) is 10.2 Å². The van der Waals surface area contributed by atoms with Crippen LogP contribution in [0.1, 0.15) is 32.0 Å². The standard InChI is InChI=1S/C16H24N2O2S/c1-5-13(10-21-4)18-15(17-11(2)16(18)19)12-6-8-14(20-3)9-7-12/h6-9,11,13,15,17H,5,10H2,1-4H3. The number of amides is 1. The molecule has 116 valence electrons. The predicted molar refractivity (Wildman–Crippen MR) is 87.6 cm³/mol. The van der Waals surface area contributed by atoms with Gasteiger partial charge in [0, 0.05) is 11.8 Å². The van der Waals surface area contributed by atoms with Crippen LogP contribution >= 0.6 is 11.8 Å². The summed E-state index contributed by atoms with van der Waals surface area (Å²) in [5, 5.41) is 3.41. The number of hydrogen-bond acceptors (Lipinski definition) is 4. The molecule has 4 nitrogen and oxygen atoms in total. The number of nitrogens with one attached hydrogen (secondary N) is 1. The molecule has 3 atom stereocenters. The minimum absolute atomic E-state index is 0.0458. The lowest BCUT2D eigenvalue weighted by molar-refractivity contribution is -0.131. The maximum Gasteiger partial charge on any atom is 0.241 e. The lowest BCUT2D eigenvalue weighted by Gasteiger charge is -2.32. The lowest BCUT2D eigenvalue weighted by atomic mass is 10.1. The van der Waals surface area contributed by atoms with Gasteiger partial charge in [-0.05, 0) is 37.3 Å². The number of benzene rings is 1. The quantitative estimate of drug-likeness (QED) is 0.877. The summed E-state index contributed by atoms with van der Waals surface area (Å²) < 4.78 is 5.20. The second kappa shape index (κ2) is 7.18. The molecule has 1 amide bonds. The monoisotopic (exact) mass is 308 g/mol. The van der Waals surface area contributed by atoms with Crippen molar-refractivity contribution in [3.63, 3.8) is 0 Å². The third-order valence-corrected chi connectivity index (χ3v) is 4.68. The Balaban J connectivity index is 2.27. The first kappa shape index (κ1) is 16.2. The minimum Gasteiger partial charge on any atom is -0.497 e. The number of rotatable bonds is 6. The highest BCUT2D eigenvalue weighted by Crippen LogP contribution is 2.30. The zero-order valence-electron chi connectivity index (χ0n) is 13.1. The van der Waals surface area contributed by atoms with Crippen LogP contribution in [-0.4, -0.2) is 42.0 Å². The normalized spacial score (nSPS) is 23.4. The summed E-state index contributed by atoms with van der Waals surface area (Å²) in [5.74, 6) is 1.99. The third-order valence-electron chi connectivity index (χ3n) is 3.97. The fourth-order valence-electron chi connectivity index (χ4n) is 2.76. The molecule has 2 rings (SSSR count). The first-order valence-corrected chi connectivity index (χ1v) is 8.72. The Morgan fingerprint density at radius 1 is 1.38 bits per heavy atom. The van der Waals surface area contributed by atoms with Crippen molar-refractivity contribution < 1.29 is 9.53 Å². The van der Waals surface area contributed by atoms with E-state index >= 15 is 0 Å². The van der Waals surface area contributed by atoms with Crippen molar-refractivity contribution in [3.8, 4) is 5.75 Å². The van der Waals surface area contributed by atoms with E-state index in [0.717, 1.165) is 23.5 Å². The Morgan fingerprint density at radius 3 is 2.57 bits per heavy atom. The predicted octanol–water partition coefficient (Wildman–Crippen LogP) is 2.66. The Bertz CT molecular complexity index is 478. The summed E-state index contributed by atoms with van der Waals surface area (Å²) in [5.41, 5.74) is 1.10. The van der Waals surface area contributed by atoms with Gasteiger partial charge in [-0.1, -0.05) is 19.1 Å². The van der Waals surface area contributed by atoms with Crippen LogP contribution in [0.5, 0.6) is 5.75 Å². The van der Waals surface area contributed by atoms with Crippen molar-refractivity contribution in [3.05, 3.63) is 29.8 Å². The molecule has 5 heteroatoms. The zero-order chi connectivity index (χ0) is 15.4. The number of methoxy groups -OCH3 is 1. The fourth-order valence-corrected chi connectivity index (χ4v) is 3.54. The number of nitrogens with zero attached hydrogens (tertiary/aromatic N) is 1. The minimum atomic E-state index is -0.131. The van der Waals surface area contributed by atoms with Gasteiger partial charge in [0.05, 0.1) is 13.2 Å². The largest absolute Gasteiger partial charge is 0.497 e. The molecule has 0 saturated carbocycles.